The molecular formula is C78H125NO8P+. The van der Waals surface area contributed by atoms with Gasteiger partial charge in [-0.2, -0.15) is 0 Å². The van der Waals surface area contributed by atoms with Crippen molar-refractivity contribution in [2.24, 2.45) is 0 Å². The van der Waals surface area contributed by atoms with Gasteiger partial charge in [0.05, 0.1) is 27.7 Å². The minimum atomic E-state index is -4.42. The normalized spacial score (nSPS) is 14.4. The lowest BCUT2D eigenvalue weighted by molar-refractivity contribution is -0.870. The van der Waals surface area contributed by atoms with Crippen LogP contribution in [0.25, 0.3) is 0 Å². The third-order valence-corrected chi connectivity index (χ3v) is 14.6. The number of ether oxygens (including phenoxy) is 2. The van der Waals surface area contributed by atoms with Crippen LogP contribution in [0, 0.1) is 0 Å². The first-order valence-corrected chi connectivity index (χ1v) is 35.7. The quantitative estimate of drug-likeness (QED) is 0.0211. The molecule has 0 amide bonds. The van der Waals surface area contributed by atoms with Crippen LogP contribution < -0.4 is 0 Å². The molecule has 10 heteroatoms. The summed E-state index contributed by atoms with van der Waals surface area (Å²) in [4.78, 5) is 35.8. The molecule has 9 nitrogen and oxygen atoms in total. The smallest absolute Gasteiger partial charge is 0.462 e. The highest BCUT2D eigenvalue weighted by molar-refractivity contribution is 7.47. The van der Waals surface area contributed by atoms with Crippen molar-refractivity contribution >= 4 is 19.8 Å². The minimum Gasteiger partial charge on any atom is -0.462 e. The zero-order chi connectivity index (χ0) is 64.1. The molecule has 0 saturated carbocycles. The Bertz CT molecular complexity index is 2190. The molecule has 494 valence electrons. The van der Waals surface area contributed by atoms with Crippen molar-refractivity contribution < 1.29 is 42.1 Å². The number of quaternary nitrogens is 1. The second-order valence-electron chi connectivity index (χ2n) is 23.1. The van der Waals surface area contributed by atoms with E-state index in [1.807, 2.05) is 27.2 Å². The van der Waals surface area contributed by atoms with Gasteiger partial charge in [-0.05, 0) is 135 Å². The molecular weight excluding hydrogens is 1110 g/mol. The van der Waals surface area contributed by atoms with Crippen LogP contribution in [0.2, 0.25) is 0 Å². The zero-order valence-corrected chi connectivity index (χ0v) is 57.0. The summed E-state index contributed by atoms with van der Waals surface area (Å²) in [5.41, 5.74) is 0. The lowest BCUT2D eigenvalue weighted by atomic mass is 10.0. The van der Waals surface area contributed by atoms with E-state index in [4.69, 9.17) is 18.5 Å². The molecule has 2 unspecified atom stereocenters. The van der Waals surface area contributed by atoms with Crippen molar-refractivity contribution in [1.82, 2.24) is 0 Å². The fraction of sp³-hybridized carbons (Fsp3) is 0.564. The first-order chi connectivity index (χ1) is 43.0. The topological polar surface area (TPSA) is 108 Å². The number of likely N-dealkylation sites (N-methyl/N-ethyl adjacent to an activating group) is 1. The molecule has 0 aromatic carbocycles. The third kappa shape index (κ3) is 69.9. The zero-order valence-electron chi connectivity index (χ0n) is 56.1. The average molecular weight is 1240 g/mol. The summed E-state index contributed by atoms with van der Waals surface area (Å²) in [6.07, 6.45) is 104. The standard InChI is InChI=1S/C78H124NO8P/c1-6-8-10-12-14-16-18-20-22-24-26-28-30-32-34-36-37-38-39-40-41-43-44-46-48-50-52-54-56-58-60-62-64-66-68-70-77(80)84-74-76(75-86-88(82,83)85-73-72-79(3,4)5)87-78(81)71-69-67-65-63-61-59-57-55-53-51-49-47-45-42-35-33-31-29-27-25-23-21-19-17-15-13-11-9-7-2/h8-11,14-17,20-23,26-29,32-35,37-38,40-41,45,47,51,53,57,59,63,65,76H,6-7,12-13,18-19,24-25,30-31,36,39,42-44,46,48-50,52,54-56,58,60-62,64,66-75H2,1-5H3/p+1/b10-8-,11-9-,16-14-,17-15-,22-20-,23-21-,28-26-,29-27-,34-32-,35-33-,38-37-,41-40-,47-45-,53-51-,59-57-,65-63-. The predicted octanol–water partition coefficient (Wildman–Crippen LogP) is 22.5. The van der Waals surface area contributed by atoms with E-state index in [9.17, 15) is 19.0 Å². The third-order valence-electron chi connectivity index (χ3n) is 13.6. The Morgan fingerprint density at radius 3 is 0.943 bits per heavy atom. The molecule has 0 fully saturated rings. The second kappa shape index (κ2) is 66.3. The van der Waals surface area contributed by atoms with Gasteiger partial charge in [0.1, 0.15) is 19.8 Å². The van der Waals surface area contributed by atoms with Gasteiger partial charge in [-0.15, -0.1) is 0 Å². The maximum Gasteiger partial charge on any atom is 0.472 e. The van der Waals surface area contributed by atoms with E-state index in [-0.39, 0.29) is 26.1 Å². The number of phosphoric ester groups is 1. The number of rotatable bonds is 60. The molecule has 0 rings (SSSR count). The minimum absolute atomic E-state index is 0.00996. The average Bonchev–Trinajstić information content (AvgIpc) is 3.68. The van der Waals surface area contributed by atoms with Crippen LogP contribution in [0.5, 0.6) is 0 Å². The molecule has 0 heterocycles. The van der Waals surface area contributed by atoms with Crippen LogP contribution >= 0.6 is 7.82 Å². The van der Waals surface area contributed by atoms with Crippen LogP contribution in [0.4, 0.5) is 0 Å². The molecule has 0 aliphatic rings. The monoisotopic (exact) mass is 1230 g/mol. The summed E-state index contributed by atoms with van der Waals surface area (Å²) in [5.74, 6) is -0.882. The van der Waals surface area contributed by atoms with E-state index in [0.29, 0.717) is 23.9 Å². The summed E-state index contributed by atoms with van der Waals surface area (Å²) in [5, 5.41) is 0. The molecule has 0 spiro atoms. The van der Waals surface area contributed by atoms with Crippen LogP contribution in [0.1, 0.15) is 232 Å². The van der Waals surface area contributed by atoms with Gasteiger partial charge in [0.15, 0.2) is 6.10 Å². The predicted molar refractivity (Wildman–Crippen MR) is 380 cm³/mol. The van der Waals surface area contributed by atoms with Gasteiger partial charge in [0, 0.05) is 12.8 Å². The second-order valence-corrected chi connectivity index (χ2v) is 24.5. The van der Waals surface area contributed by atoms with Gasteiger partial charge in [-0.1, -0.05) is 279 Å². The first-order valence-electron chi connectivity index (χ1n) is 34.2. The Morgan fingerprint density at radius 1 is 0.352 bits per heavy atom. The molecule has 0 bridgehead atoms. The van der Waals surface area contributed by atoms with Crippen LogP contribution in [-0.4, -0.2) is 74.9 Å². The highest BCUT2D eigenvalue weighted by Gasteiger charge is 2.27. The Morgan fingerprint density at radius 2 is 0.625 bits per heavy atom. The highest BCUT2D eigenvalue weighted by Crippen LogP contribution is 2.43. The van der Waals surface area contributed by atoms with Crippen molar-refractivity contribution in [2.45, 2.75) is 238 Å². The molecule has 0 radical (unpaired) electrons. The number of carbonyl (C=O) groups is 2. The summed E-state index contributed by atoms with van der Waals surface area (Å²) in [7, 11) is 1.41. The van der Waals surface area contributed by atoms with Crippen molar-refractivity contribution in [1.29, 1.82) is 0 Å². The van der Waals surface area contributed by atoms with Crippen molar-refractivity contribution in [3.8, 4) is 0 Å². The molecule has 88 heavy (non-hydrogen) atoms. The van der Waals surface area contributed by atoms with Gasteiger partial charge in [0.2, 0.25) is 0 Å². The maximum atomic E-state index is 12.8. The lowest BCUT2D eigenvalue weighted by Crippen LogP contribution is -2.37. The summed E-state index contributed by atoms with van der Waals surface area (Å²) < 4.78 is 34.6. The van der Waals surface area contributed by atoms with Gasteiger partial charge < -0.3 is 18.9 Å². The molecule has 2 atom stereocenters. The highest BCUT2D eigenvalue weighted by atomic mass is 31.2. The number of carbonyl (C=O) groups excluding carboxylic acids is 2. The van der Waals surface area contributed by atoms with Crippen molar-refractivity contribution in [3.05, 3.63) is 194 Å². The van der Waals surface area contributed by atoms with E-state index in [2.05, 4.69) is 202 Å². The molecule has 0 aromatic heterocycles. The molecule has 0 aliphatic heterocycles. The number of allylic oxidation sites excluding steroid dienone is 32. The summed E-state index contributed by atoms with van der Waals surface area (Å²) in [6, 6.07) is 0. The number of hydrogen-bond acceptors (Lipinski definition) is 7. The Balaban J connectivity index is 4.21. The Kier molecular flexibility index (Phi) is 62.4. The summed E-state index contributed by atoms with van der Waals surface area (Å²) in [6.45, 7) is 4.11. The van der Waals surface area contributed by atoms with E-state index < -0.39 is 32.5 Å². The van der Waals surface area contributed by atoms with E-state index in [1.165, 1.54) is 64.2 Å². The van der Waals surface area contributed by atoms with Gasteiger partial charge >= 0.3 is 19.8 Å². The SMILES string of the molecule is CC/C=C\C/C=C\C/C=C\C/C=C\C/C=C\C/C=C\C/C=C\C/C=C\C/C=C\CCCC(=O)OC(COC(=O)CCCCCCCCCCCCCCC/C=C\C/C=C\C/C=C\C/C=C\C/C=C\C/C=C\C/C=C\CC)COP(=O)(O)OCC[N+](C)(C)C. The van der Waals surface area contributed by atoms with E-state index in [1.54, 1.807) is 0 Å². The lowest BCUT2D eigenvalue weighted by Gasteiger charge is -2.24. The largest absolute Gasteiger partial charge is 0.472 e. The van der Waals surface area contributed by atoms with Crippen molar-refractivity contribution in [3.63, 3.8) is 0 Å². The van der Waals surface area contributed by atoms with E-state index >= 15 is 0 Å². The van der Waals surface area contributed by atoms with Crippen LogP contribution in [-0.2, 0) is 32.7 Å². The van der Waals surface area contributed by atoms with E-state index in [0.717, 1.165) is 128 Å². The fourth-order valence-electron chi connectivity index (χ4n) is 8.47. The molecule has 0 saturated heterocycles. The molecule has 0 aliphatic carbocycles. The van der Waals surface area contributed by atoms with Gasteiger partial charge in [0.25, 0.3) is 0 Å². The molecule has 1 N–H and O–H groups in total. The summed E-state index contributed by atoms with van der Waals surface area (Å²) >= 11 is 0. The number of nitrogens with zero attached hydrogens (tertiary/aromatic N) is 1. The van der Waals surface area contributed by atoms with Gasteiger partial charge in [-0.3, -0.25) is 18.6 Å². The first kappa shape index (κ1) is 82.8. The van der Waals surface area contributed by atoms with Crippen LogP contribution in [0.3, 0.4) is 0 Å². The Hall–Kier alpha value is -5.15. The maximum absolute atomic E-state index is 12.8. The van der Waals surface area contributed by atoms with Gasteiger partial charge in [-0.25, -0.2) is 4.57 Å². The van der Waals surface area contributed by atoms with Crippen molar-refractivity contribution in [2.75, 3.05) is 47.5 Å². The number of esters is 2. The van der Waals surface area contributed by atoms with Crippen LogP contribution in [0.15, 0.2) is 194 Å². The number of hydrogen-bond donors (Lipinski definition) is 1. The molecule has 0 aromatic rings. The fourth-order valence-corrected chi connectivity index (χ4v) is 9.21. The Labute approximate surface area is 539 Å². The number of phosphoric acid groups is 1. The number of unbranched alkanes of at least 4 members (excludes halogenated alkanes) is 14.